The molecular formula is C23H16FN3O5. The highest BCUT2D eigenvalue weighted by molar-refractivity contribution is 6.31. The number of halogens is 1. The van der Waals surface area contributed by atoms with E-state index < -0.39 is 22.6 Å². The van der Waals surface area contributed by atoms with Gasteiger partial charge < -0.3 is 4.74 Å². The topological polar surface area (TPSA) is 102 Å². The number of benzene rings is 3. The molecule has 8 nitrogen and oxygen atoms in total. The van der Waals surface area contributed by atoms with Crippen LogP contribution < -0.4 is 15.2 Å². The predicted molar refractivity (Wildman–Crippen MR) is 114 cm³/mol. The minimum atomic E-state index is -0.662. The highest BCUT2D eigenvalue weighted by Crippen LogP contribution is 2.34. The number of amides is 2. The van der Waals surface area contributed by atoms with Crippen LogP contribution in [0.4, 0.5) is 15.8 Å². The number of hydrazine groups is 1. The SMILES string of the molecule is O=C1NN(c2ccccc2)C(=O)C1=Cc1cccc([N+](=O)[O-])c1OCc1ccccc1F. The maximum Gasteiger partial charge on any atom is 0.311 e. The third-order valence-corrected chi connectivity index (χ3v) is 4.76. The number of ether oxygens (including phenoxy) is 1. The van der Waals surface area contributed by atoms with Gasteiger partial charge in [0.2, 0.25) is 5.75 Å². The first-order chi connectivity index (χ1) is 15.5. The molecule has 3 aromatic rings. The number of anilines is 1. The molecule has 0 radical (unpaired) electrons. The third-order valence-electron chi connectivity index (χ3n) is 4.76. The van der Waals surface area contributed by atoms with E-state index in [2.05, 4.69) is 5.43 Å². The lowest BCUT2D eigenvalue weighted by molar-refractivity contribution is -0.386. The van der Waals surface area contributed by atoms with E-state index in [0.29, 0.717) is 5.69 Å². The Morgan fingerprint density at radius 2 is 1.72 bits per heavy atom. The lowest BCUT2D eigenvalue weighted by Crippen LogP contribution is -2.35. The van der Waals surface area contributed by atoms with Crippen LogP contribution >= 0.6 is 0 Å². The monoisotopic (exact) mass is 433 g/mol. The fourth-order valence-electron chi connectivity index (χ4n) is 3.19. The van der Waals surface area contributed by atoms with E-state index in [1.165, 1.54) is 42.5 Å². The molecule has 0 saturated carbocycles. The second-order valence-corrected chi connectivity index (χ2v) is 6.81. The minimum absolute atomic E-state index is 0.143. The summed E-state index contributed by atoms with van der Waals surface area (Å²) in [5.74, 6) is -1.97. The quantitative estimate of drug-likeness (QED) is 0.276. The Balaban J connectivity index is 1.70. The smallest absolute Gasteiger partial charge is 0.311 e. The first-order valence-electron chi connectivity index (χ1n) is 9.51. The third kappa shape index (κ3) is 4.04. The molecule has 0 aromatic heterocycles. The standard InChI is InChI=1S/C23H16FN3O5/c24-19-11-5-4-7-16(19)14-32-21-15(8-6-12-20(21)27(30)31)13-18-22(28)25-26(23(18)29)17-9-2-1-3-10-17/h1-13H,14H2,(H,25,28). The van der Waals surface area contributed by atoms with Crippen molar-refractivity contribution in [3.63, 3.8) is 0 Å². The number of para-hydroxylation sites is 2. The number of nitro benzene ring substituents is 1. The van der Waals surface area contributed by atoms with Gasteiger partial charge in [0, 0.05) is 17.2 Å². The number of hydrogen-bond donors (Lipinski definition) is 1. The van der Waals surface area contributed by atoms with Crippen molar-refractivity contribution >= 4 is 29.3 Å². The summed E-state index contributed by atoms with van der Waals surface area (Å²) >= 11 is 0. The minimum Gasteiger partial charge on any atom is -0.481 e. The van der Waals surface area contributed by atoms with Crippen molar-refractivity contribution in [2.45, 2.75) is 6.61 Å². The average Bonchev–Trinajstić information content (AvgIpc) is 3.08. The number of carbonyl (C=O) groups is 2. The Morgan fingerprint density at radius 1 is 1.00 bits per heavy atom. The molecule has 9 heteroatoms. The molecule has 3 aromatic carbocycles. The van der Waals surface area contributed by atoms with Gasteiger partial charge in [-0.3, -0.25) is 25.1 Å². The summed E-state index contributed by atoms with van der Waals surface area (Å²) in [5.41, 5.74) is 2.68. The van der Waals surface area contributed by atoms with E-state index in [1.807, 2.05) is 0 Å². The van der Waals surface area contributed by atoms with Crippen LogP contribution in [0.25, 0.3) is 6.08 Å². The molecule has 1 aliphatic heterocycles. The molecule has 0 bridgehead atoms. The van der Waals surface area contributed by atoms with Crippen LogP contribution in [0.3, 0.4) is 0 Å². The molecule has 4 rings (SSSR count). The highest BCUT2D eigenvalue weighted by atomic mass is 19.1. The highest BCUT2D eigenvalue weighted by Gasteiger charge is 2.35. The molecule has 1 fully saturated rings. The van der Waals surface area contributed by atoms with Gasteiger partial charge in [-0.15, -0.1) is 0 Å². The molecular weight excluding hydrogens is 417 g/mol. The summed E-state index contributed by atoms with van der Waals surface area (Å²) in [5, 5.41) is 12.6. The van der Waals surface area contributed by atoms with Gasteiger partial charge >= 0.3 is 5.69 Å². The number of nitro groups is 1. The first kappa shape index (κ1) is 20.7. The van der Waals surface area contributed by atoms with Gasteiger partial charge in [0.25, 0.3) is 11.8 Å². The fraction of sp³-hybridized carbons (Fsp3) is 0.0435. The Morgan fingerprint density at radius 3 is 2.44 bits per heavy atom. The Bertz CT molecular complexity index is 1240. The van der Waals surface area contributed by atoms with Gasteiger partial charge in [0.15, 0.2) is 0 Å². The molecule has 1 N–H and O–H groups in total. The molecule has 0 atom stereocenters. The van der Waals surface area contributed by atoms with Gasteiger partial charge in [0.1, 0.15) is 18.0 Å². The van der Waals surface area contributed by atoms with Crippen molar-refractivity contribution in [3.05, 3.63) is 105 Å². The lowest BCUT2D eigenvalue weighted by Gasteiger charge is -2.14. The number of hydrogen-bond acceptors (Lipinski definition) is 5. The summed E-state index contributed by atoms with van der Waals surface area (Å²) in [6.45, 7) is -0.274. The van der Waals surface area contributed by atoms with E-state index in [1.54, 1.807) is 36.4 Å². The largest absolute Gasteiger partial charge is 0.481 e. The maximum absolute atomic E-state index is 14.0. The molecule has 2 amide bonds. The molecule has 0 unspecified atom stereocenters. The van der Waals surface area contributed by atoms with Crippen LogP contribution in [0.2, 0.25) is 0 Å². The molecule has 160 valence electrons. The van der Waals surface area contributed by atoms with Crippen LogP contribution in [-0.2, 0) is 16.2 Å². The zero-order chi connectivity index (χ0) is 22.7. The van der Waals surface area contributed by atoms with Crippen molar-refractivity contribution in [2.24, 2.45) is 0 Å². The number of carbonyl (C=O) groups excluding carboxylic acids is 2. The van der Waals surface area contributed by atoms with Gasteiger partial charge in [-0.05, 0) is 24.3 Å². The summed E-state index contributed by atoms with van der Waals surface area (Å²) in [7, 11) is 0. The van der Waals surface area contributed by atoms with Gasteiger partial charge in [-0.25, -0.2) is 9.40 Å². The van der Waals surface area contributed by atoms with Crippen molar-refractivity contribution < 1.29 is 23.6 Å². The Hall–Kier alpha value is -4.53. The van der Waals surface area contributed by atoms with Crippen molar-refractivity contribution in [1.82, 2.24) is 5.43 Å². The summed E-state index contributed by atoms with van der Waals surface area (Å²) in [4.78, 5) is 36.2. The molecule has 0 aliphatic carbocycles. The fourth-order valence-corrected chi connectivity index (χ4v) is 3.19. The molecule has 1 aliphatic rings. The van der Waals surface area contributed by atoms with Crippen LogP contribution in [-0.4, -0.2) is 16.7 Å². The summed E-state index contributed by atoms with van der Waals surface area (Å²) < 4.78 is 19.6. The zero-order valence-electron chi connectivity index (χ0n) is 16.5. The second-order valence-electron chi connectivity index (χ2n) is 6.81. The summed E-state index contributed by atoms with van der Waals surface area (Å²) in [6.07, 6.45) is 1.23. The van der Waals surface area contributed by atoms with Crippen LogP contribution in [0, 0.1) is 15.9 Å². The molecule has 0 spiro atoms. The van der Waals surface area contributed by atoms with Crippen molar-refractivity contribution in [3.8, 4) is 5.75 Å². The summed E-state index contributed by atoms with van der Waals surface area (Å²) in [6, 6.07) is 18.5. The van der Waals surface area contributed by atoms with Crippen molar-refractivity contribution in [1.29, 1.82) is 0 Å². The van der Waals surface area contributed by atoms with Crippen LogP contribution in [0.1, 0.15) is 11.1 Å². The normalized spacial score (nSPS) is 14.5. The zero-order valence-corrected chi connectivity index (χ0v) is 16.5. The van der Waals surface area contributed by atoms with Crippen LogP contribution in [0.15, 0.2) is 78.4 Å². The molecule has 32 heavy (non-hydrogen) atoms. The molecule has 1 saturated heterocycles. The van der Waals surface area contributed by atoms with E-state index in [4.69, 9.17) is 4.74 Å². The Labute approximate surface area is 181 Å². The second kappa shape index (κ2) is 8.68. The maximum atomic E-state index is 14.0. The number of nitrogens with one attached hydrogen (secondary N) is 1. The van der Waals surface area contributed by atoms with E-state index in [-0.39, 0.29) is 34.7 Å². The lowest BCUT2D eigenvalue weighted by atomic mass is 10.1. The van der Waals surface area contributed by atoms with E-state index in [9.17, 15) is 24.1 Å². The van der Waals surface area contributed by atoms with Gasteiger partial charge in [-0.1, -0.05) is 48.5 Å². The number of rotatable bonds is 6. The average molecular weight is 433 g/mol. The van der Waals surface area contributed by atoms with E-state index in [0.717, 1.165) is 5.01 Å². The predicted octanol–water partition coefficient (Wildman–Crippen LogP) is 3.77. The van der Waals surface area contributed by atoms with Gasteiger partial charge in [-0.2, -0.15) is 0 Å². The Kier molecular flexibility index (Phi) is 5.63. The van der Waals surface area contributed by atoms with Crippen molar-refractivity contribution in [2.75, 3.05) is 5.01 Å². The van der Waals surface area contributed by atoms with Crippen LogP contribution in [0.5, 0.6) is 5.75 Å². The van der Waals surface area contributed by atoms with E-state index >= 15 is 0 Å². The molecule has 1 heterocycles. The first-order valence-corrected chi connectivity index (χ1v) is 9.51. The van der Waals surface area contributed by atoms with Gasteiger partial charge in [0.05, 0.1) is 10.6 Å². The number of nitrogens with zero attached hydrogens (tertiary/aromatic N) is 2.